The lowest BCUT2D eigenvalue weighted by atomic mass is 10.2. The highest BCUT2D eigenvalue weighted by atomic mass is 35.5. The van der Waals surface area contributed by atoms with Gasteiger partial charge in [-0.05, 0) is 19.8 Å². The van der Waals surface area contributed by atoms with Crippen LogP contribution in [0.3, 0.4) is 0 Å². The molecule has 2 heterocycles. The molecule has 0 spiro atoms. The van der Waals surface area contributed by atoms with E-state index < -0.39 is 10.0 Å². The van der Waals surface area contributed by atoms with Crippen LogP contribution in [0.15, 0.2) is 4.21 Å². The van der Waals surface area contributed by atoms with Gasteiger partial charge < -0.3 is 0 Å². The zero-order chi connectivity index (χ0) is 12.5. The Balaban J connectivity index is 2.15. The maximum Gasteiger partial charge on any atom is 0.264 e. The van der Waals surface area contributed by atoms with Gasteiger partial charge in [-0.25, -0.2) is 18.4 Å². The van der Waals surface area contributed by atoms with Crippen molar-refractivity contribution in [2.45, 2.75) is 30.4 Å². The molecule has 1 fully saturated rings. The molecular weight excluding hydrogens is 282 g/mol. The van der Waals surface area contributed by atoms with Crippen molar-refractivity contribution >= 4 is 33.0 Å². The summed E-state index contributed by atoms with van der Waals surface area (Å²) >= 11 is 6.70. The molecule has 1 saturated heterocycles. The molecule has 0 aromatic carbocycles. The molecule has 5 nitrogen and oxygen atoms in total. The normalized spacial score (nSPS) is 18.5. The molecule has 8 heteroatoms. The minimum Gasteiger partial charge on any atom is -0.230 e. The second-order valence-electron chi connectivity index (χ2n) is 3.98. The zero-order valence-electron chi connectivity index (χ0n) is 9.44. The van der Waals surface area contributed by atoms with E-state index in [2.05, 4.69) is 9.82 Å². The number of nitrogens with one attached hydrogen (secondary N) is 1. The third-order valence-electron chi connectivity index (χ3n) is 2.58. The molecule has 1 N–H and O–H groups in total. The van der Waals surface area contributed by atoms with Crippen LogP contribution in [0.5, 0.6) is 0 Å². The number of piperidine rings is 1. The number of aryl methyl sites for hydroxylation is 1. The largest absolute Gasteiger partial charge is 0.264 e. The predicted molar refractivity (Wildman–Crippen MR) is 67.6 cm³/mol. The summed E-state index contributed by atoms with van der Waals surface area (Å²) in [6.45, 7) is 3.16. The number of halogens is 1. The smallest absolute Gasteiger partial charge is 0.230 e. The summed E-state index contributed by atoms with van der Waals surface area (Å²) in [6.07, 6.45) is 3.19. The van der Waals surface area contributed by atoms with Crippen LogP contribution in [0.2, 0.25) is 4.47 Å². The maximum absolute atomic E-state index is 12.1. The van der Waals surface area contributed by atoms with Gasteiger partial charge in [0.2, 0.25) is 0 Å². The van der Waals surface area contributed by atoms with E-state index in [-0.39, 0.29) is 8.68 Å². The lowest BCUT2D eigenvalue weighted by Crippen LogP contribution is -2.44. The van der Waals surface area contributed by atoms with E-state index in [0.717, 1.165) is 43.7 Å². The van der Waals surface area contributed by atoms with E-state index in [0.29, 0.717) is 5.69 Å². The van der Waals surface area contributed by atoms with E-state index >= 15 is 0 Å². The number of rotatable bonds is 3. The first-order valence-corrected chi connectivity index (χ1v) is 8.07. The number of nitrogens with zero attached hydrogens (tertiary/aromatic N) is 2. The Kier molecular flexibility index (Phi) is 4.04. The Labute approximate surface area is 110 Å². The second kappa shape index (κ2) is 5.19. The molecule has 0 aliphatic carbocycles. The van der Waals surface area contributed by atoms with Crippen molar-refractivity contribution in [2.75, 3.05) is 13.1 Å². The third kappa shape index (κ3) is 3.17. The van der Waals surface area contributed by atoms with Crippen LogP contribution < -0.4 is 4.83 Å². The van der Waals surface area contributed by atoms with Gasteiger partial charge in [0, 0.05) is 13.1 Å². The van der Waals surface area contributed by atoms with Crippen LogP contribution in [-0.4, -0.2) is 31.5 Å². The summed E-state index contributed by atoms with van der Waals surface area (Å²) in [5.74, 6) is 0. The number of hydrogen-bond acceptors (Lipinski definition) is 5. The summed E-state index contributed by atoms with van der Waals surface area (Å²) < 4.78 is 24.6. The second-order valence-corrected chi connectivity index (χ2v) is 7.42. The van der Waals surface area contributed by atoms with Crippen molar-refractivity contribution in [1.29, 1.82) is 0 Å². The van der Waals surface area contributed by atoms with Crippen LogP contribution >= 0.6 is 22.9 Å². The zero-order valence-corrected chi connectivity index (χ0v) is 11.8. The molecule has 1 aromatic rings. The lowest BCUT2D eigenvalue weighted by molar-refractivity contribution is 0.200. The van der Waals surface area contributed by atoms with E-state index in [1.807, 2.05) is 0 Å². The average molecular weight is 296 g/mol. The standard InChI is InChI=1S/C9H14ClN3O2S2/c1-7-8(16-9(10)11-7)17(14,15)12-13-5-3-2-4-6-13/h12H,2-6H2,1H3. The topological polar surface area (TPSA) is 62.3 Å². The minimum atomic E-state index is -3.52. The van der Waals surface area contributed by atoms with Crippen LogP contribution in [0.25, 0.3) is 0 Å². The van der Waals surface area contributed by atoms with Gasteiger partial charge in [0.25, 0.3) is 10.0 Å². The third-order valence-corrected chi connectivity index (χ3v) is 5.82. The predicted octanol–water partition coefficient (Wildman–Crippen LogP) is 1.78. The summed E-state index contributed by atoms with van der Waals surface area (Å²) in [7, 11) is -3.52. The van der Waals surface area contributed by atoms with E-state index in [9.17, 15) is 8.42 Å². The molecule has 0 radical (unpaired) electrons. The fourth-order valence-corrected chi connectivity index (χ4v) is 4.65. The fraction of sp³-hybridized carbons (Fsp3) is 0.667. The van der Waals surface area contributed by atoms with Crippen molar-refractivity contribution in [2.24, 2.45) is 0 Å². The van der Waals surface area contributed by atoms with E-state index in [4.69, 9.17) is 11.6 Å². The highest BCUT2D eigenvalue weighted by Gasteiger charge is 2.24. The minimum absolute atomic E-state index is 0.202. The fourth-order valence-electron chi connectivity index (χ4n) is 1.80. The number of hydrogen-bond donors (Lipinski definition) is 1. The monoisotopic (exact) mass is 295 g/mol. The molecule has 0 unspecified atom stereocenters. The summed E-state index contributed by atoms with van der Waals surface area (Å²) in [5, 5.41) is 1.74. The van der Waals surface area contributed by atoms with Gasteiger partial charge in [-0.1, -0.05) is 29.4 Å². The van der Waals surface area contributed by atoms with Gasteiger partial charge in [-0.2, -0.15) is 0 Å². The maximum atomic E-state index is 12.1. The van der Waals surface area contributed by atoms with Crippen molar-refractivity contribution in [1.82, 2.24) is 14.8 Å². The molecule has 0 amide bonds. The van der Waals surface area contributed by atoms with E-state index in [1.165, 1.54) is 0 Å². The Hall–Kier alpha value is -0.210. The Morgan fingerprint density at radius 1 is 1.35 bits per heavy atom. The molecule has 0 saturated carbocycles. The molecule has 1 aromatic heterocycles. The molecule has 17 heavy (non-hydrogen) atoms. The van der Waals surface area contributed by atoms with Crippen molar-refractivity contribution in [3.05, 3.63) is 10.2 Å². The van der Waals surface area contributed by atoms with Gasteiger partial charge in [-0.15, -0.1) is 4.83 Å². The molecule has 0 atom stereocenters. The first-order valence-electron chi connectivity index (χ1n) is 5.39. The van der Waals surface area contributed by atoms with Crippen molar-refractivity contribution in [3.63, 3.8) is 0 Å². The van der Waals surface area contributed by atoms with Gasteiger partial charge in [0.15, 0.2) is 8.68 Å². The summed E-state index contributed by atoms with van der Waals surface area (Å²) in [5.41, 5.74) is 0.449. The molecule has 1 aliphatic rings. The Morgan fingerprint density at radius 2 is 2.00 bits per heavy atom. The summed E-state index contributed by atoms with van der Waals surface area (Å²) in [4.78, 5) is 6.50. The first kappa shape index (κ1) is 13.2. The Bertz CT molecular complexity index is 494. The van der Waals surface area contributed by atoms with Crippen molar-refractivity contribution in [3.8, 4) is 0 Å². The number of hydrazine groups is 1. The quantitative estimate of drug-likeness (QED) is 0.923. The number of sulfonamides is 1. The molecular formula is C9H14ClN3O2S2. The van der Waals surface area contributed by atoms with Crippen molar-refractivity contribution < 1.29 is 8.42 Å². The van der Waals surface area contributed by atoms with E-state index in [1.54, 1.807) is 11.9 Å². The van der Waals surface area contributed by atoms with Crippen LogP contribution in [0.4, 0.5) is 0 Å². The first-order chi connectivity index (χ1) is 7.99. The van der Waals surface area contributed by atoms with Crippen LogP contribution in [0, 0.1) is 6.92 Å². The highest BCUT2D eigenvalue weighted by molar-refractivity contribution is 7.91. The van der Waals surface area contributed by atoms with Gasteiger partial charge in [-0.3, -0.25) is 0 Å². The summed E-state index contributed by atoms with van der Waals surface area (Å²) in [6, 6.07) is 0. The van der Waals surface area contributed by atoms with Gasteiger partial charge >= 0.3 is 0 Å². The average Bonchev–Trinajstić information content (AvgIpc) is 2.59. The number of aromatic nitrogens is 1. The molecule has 0 bridgehead atoms. The van der Waals surface area contributed by atoms with Crippen LogP contribution in [0.1, 0.15) is 25.0 Å². The van der Waals surface area contributed by atoms with Gasteiger partial charge in [0.1, 0.15) is 0 Å². The lowest BCUT2D eigenvalue weighted by Gasteiger charge is -2.26. The SMILES string of the molecule is Cc1nc(Cl)sc1S(=O)(=O)NN1CCCCC1. The number of thiazole rings is 1. The molecule has 2 rings (SSSR count). The van der Waals surface area contributed by atoms with Crippen LogP contribution in [-0.2, 0) is 10.0 Å². The Morgan fingerprint density at radius 3 is 2.53 bits per heavy atom. The molecule has 96 valence electrons. The molecule has 1 aliphatic heterocycles. The highest BCUT2D eigenvalue weighted by Crippen LogP contribution is 2.26. The van der Waals surface area contributed by atoms with Gasteiger partial charge in [0.05, 0.1) is 5.69 Å².